The van der Waals surface area contributed by atoms with Crippen molar-refractivity contribution in [3.63, 3.8) is 0 Å². The van der Waals surface area contributed by atoms with E-state index in [-0.39, 0.29) is 0 Å². The molecular weight excluding hydrogens is 188 g/mol. The molecule has 15 heavy (non-hydrogen) atoms. The minimum atomic E-state index is 1.02. The molecule has 1 aromatic heterocycles. The maximum absolute atomic E-state index is 3.73. The number of rotatable bonds is 9. The van der Waals surface area contributed by atoms with Crippen LogP contribution < -0.4 is 4.68 Å². The number of aryl methyl sites for hydroxylation is 1. The van der Waals surface area contributed by atoms with Gasteiger partial charge >= 0.3 is 0 Å². The molecule has 0 atom stereocenters. The Balaban J connectivity index is 1.81. The number of aromatic amines is 1. The van der Waals surface area contributed by atoms with Gasteiger partial charge in [-0.05, 0) is 6.42 Å². The van der Waals surface area contributed by atoms with E-state index in [4.69, 9.17) is 0 Å². The maximum atomic E-state index is 3.73. The van der Waals surface area contributed by atoms with Gasteiger partial charge in [0.15, 0.2) is 5.21 Å². The second-order valence-electron chi connectivity index (χ2n) is 4.10. The highest BCUT2D eigenvalue weighted by Crippen LogP contribution is 2.07. The number of unbranched alkanes of at least 4 members (excludes halogenated alkanes) is 7. The van der Waals surface area contributed by atoms with Gasteiger partial charge in [-0.25, -0.2) is 0 Å². The van der Waals surface area contributed by atoms with Crippen molar-refractivity contribution in [3.05, 3.63) is 6.33 Å². The number of hydrogen-bond acceptors (Lipinski definition) is 2. The van der Waals surface area contributed by atoms with E-state index in [1.165, 1.54) is 51.4 Å². The lowest BCUT2D eigenvalue weighted by molar-refractivity contribution is -0.754. The summed E-state index contributed by atoms with van der Waals surface area (Å²) in [6, 6.07) is 0. The van der Waals surface area contributed by atoms with Crippen molar-refractivity contribution in [1.29, 1.82) is 0 Å². The van der Waals surface area contributed by atoms with Crippen molar-refractivity contribution in [2.75, 3.05) is 0 Å². The van der Waals surface area contributed by atoms with Crippen LogP contribution in [-0.4, -0.2) is 15.5 Å². The van der Waals surface area contributed by atoms with E-state index in [0.29, 0.717) is 0 Å². The Labute approximate surface area is 92.1 Å². The first-order chi connectivity index (χ1) is 7.43. The highest BCUT2D eigenvalue weighted by Gasteiger charge is 1.98. The van der Waals surface area contributed by atoms with Crippen molar-refractivity contribution in [3.8, 4) is 0 Å². The number of tetrazole rings is 1. The SMILES string of the molecule is CCCCCCCCCC[n+]1cnn[nH]1. The second-order valence-corrected chi connectivity index (χ2v) is 4.10. The molecule has 0 saturated heterocycles. The van der Waals surface area contributed by atoms with Gasteiger partial charge in [0.2, 0.25) is 0 Å². The lowest BCUT2D eigenvalue weighted by Crippen LogP contribution is -2.35. The van der Waals surface area contributed by atoms with Gasteiger partial charge < -0.3 is 0 Å². The van der Waals surface area contributed by atoms with E-state index in [1.807, 2.05) is 4.68 Å². The van der Waals surface area contributed by atoms with Crippen LogP contribution in [0, 0.1) is 0 Å². The average molecular weight is 211 g/mol. The Morgan fingerprint density at radius 2 is 1.67 bits per heavy atom. The van der Waals surface area contributed by atoms with Crippen LogP contribution in [0.2, 0.25) is 0 Å². The summed E-state index contributed by atoms with van der Waals surface area (Å²) >= 11 is 0. The summed E-state index contributed by atoms with van der Waals surface area (Å²) in [6.45, 7) is 3.28. The van der Waals surface area contributed by atoms with Gasteiger partial charge in [0.05, 0.1) is 6.54 Å². The molecule has 86 valence electrons. The molecule has 0 amide bonds. The summed E-state index contributed by atoms with van der Waals surface area (Å²) in [5.74, 6) is 0. The molecule has 4 nitrogen and oxygen atoms in total. The average Bonchev–Trinajstić information content (AvgIpc) is 2.75. The van der Waals surface area contributed by atoms with Crippen LogP contribution in [0.1, 0.15) is 58.3 Å². The van der Waals surface area contributed by atoms with Crippen LogP contribution in [-0.2, 0) is 6.54 Å². The van der Waals surface area contributed by atoms with Crippen LogP contribution in [0.15, 0.2) is 6.33 Å². The highest BCUT2D eigenvalue weighted by atomic mass is 15.5. The van der Waals surface area contributed by atoms with Crippen molar-refractivity contribution in [2.45, 2.75) is 64.8 Å². The van der Waals surface area contributed by atoms with Crippen molar-refractivity contribution in [2.24, 2.45) is 0 Å². The Kier molecular flexibility index (Phi) is 6.79. The van der Waals surface area contributed by atoms with E-state index in [0.717, 1.165) is 6.54 Å². The molecule has 0 aromatic carbocycles. The molecule has 1 rings (SSSR count). The second kappa shape index (κ2) is 8.38. The molecule has 0 radical (unpaired) electrons. The number of nitrogens with one attached hydrogen (secondary N) is 1. The minimum Gasteiger partial charge on any atom is -0.165 e. The van der Waals surface area contributed by atoms with Gasteiger partial charge in [0.1, 0.15) is 5.10 Å². The highest BCUT2D eigenvalue weighted by molar-refractivity contribution is 4.44. The van der Waals surface area contributed by atoms with Crippen LogP contribution in [0.25, 0.3) is 0 Å². The number of H-pyrrole nitrogens is 1. The molecule has 0 fully saturated rings. The Hall–Kier alpha value is -0.930. The summed E-state index contributed by atoms with van der Waals surface area (Å²) < 4.78 is 1.93. The van der Waals surface area contributed by atoms with Crippen LogP contribution >= 0.6 is 0 Å². The summed E-state index contributed by atoms with van der Waals surface area (Å²) in [6.07, 6.45) is 12.6. The molecule has 0 saturated carbocycles. The molecule has 0 aliphatic carbocycles. The molecule has 0 aliphatic rings. The Morgan fingerprint density at radius 3 is 2.27 bits per heavy atom. The first-order valence-electron chi connectivity index (χ1n) is 6.19. The molecule has 1 aromatic rings. The number of hydrogen-bond donors (Lipinski definition) is 1. The quantitative estimate of drug-likeness (QED) is 0.503. The lowest BCUT2D eigenvalue weighted by atomic mass is 10.1. The molecule has 0 unspecified atom stereocenters. The van der Waals surface area contributed by atoms with Crippen molar-refractivity contribution >= 4 is 0 Å². The van der Waals surface area contributed by atoms with Crippen molar-refractivity contribution < 1.29 is 4.68 Å². The zero-order valence-corrected chi connectivity index (χ0v) is 9.78. The first-order valence-corrected chi connectivity index (χ1v) is 6.19. The van der Waals surface area contributed by atoms with Gasteiger partial charge in [-0.2, -0.15) is 4.68 Å². The molecule has 1 N–H and O–H groups in total. The van der Waals surface area contributed by atoms with Crippen LogP contribution in [0.4, 0.5) is 0 Å². The van der Waals surface area contributed by atoms with E-state index in [9.17, 15) is 0 Å². The molecule has 0 spiro atoms. The fraction of sp³-hybridized carbons (Fsp3) is 0.909. The topological polar surface area (TPSA) is 45.5 Å². The van der Waals surface area contributed by atoms with Gasteiger partial charge in [-0.1, -0.05) is 57.1 Å². The normalized spacial score (nSPS) is 10.7. The summed E-state index contributed by atoms with van der Waals surface area (Å²) in [5, 5.41) is 10.2. The fourth-order valence-corrected chi connectivity index (χ4v) is 1.72. The van der Waals surface area contributed by atoms with Gasteiger partial charge in [-0.3, -0.25) is 0 Å². The molecule has 4 heteroatoms. The third-order valence-corrected chi connectivity index (χ3v) is 2.67. The van der Waals surface area contributed by atoms with Gasteiger partial charge in [-0.15, -0.1) is 0 Å². The van der Waals surface area contributed by atoms with Gasteiger partial charge in [0.25, 0.3) is 6.33 Å². The molecule has 0 aliphatic heterocycles. The fourth-order valence-electron chi connectivity index (χ4n) is 1.72. The predicted molar refractivity (Wildman–Crippen MR) is 59.2 cm³/mol. The Morgan fingerprint density at radius 1 is 1.00 bits per heavy atom. The molecule has 0 bridgehead atoms. The van der Waals surface area contributed by atoms with Crippen molar-refractivity contribution in [1.82, 2.24) is 15.5 Å². The summed E-state index contributed by atoms with van der Waals surface area (Å²) in [4.78, 5) is 0. The van der Waals surface area contributed by atoms with E-state index in [2.05, 4.69) is 22.4 Å². The minimum absolute atomic E-state index is 1.02. The smallest absolute Gasteiger partial charge is 0.165 e. The largest absolute Gasteiger partial charge is 0.288 e. The number of aromatic nitrogens is 4. The van der Waals surface area contributed by atoms with Crippen LogP contribution in [0.3, 0.4) is 0 Å². The summed E-state index contributed by atoms with van der Waals surface area (Å²) in [5.41, 5.74) is 0. The van der Waals surface area contributed by atoms with E-state index < -0.39 is 0 Å². The third kappa shape index (κ3) is 6.20. The monoisotopic (exact) mass is 211 g/mol. The standard InChI is InChI=1S/C11H22N4/c1-2-3-4-5-6-7-8-9-10-15-11-12-13-14-15/h11H,2-10H2,1H3/p+1. The predicted octanol–water partition coefficient (Wildman–Crippen LogP) is 2.23. The Bertz CT molecular complexity index is 221. The van der Waals surface area contributed by atoms with Crippen LogP contribution in [0.5, 0.6) is 0 Å². The van der Waals surface area contributed by atoms with E-state index >= 15 is 0 Å². The molecule has 1 heterocycles. The number of nitrogens with zero attached hydrogens (tertiary/aromatic N) is 3. The zero-order valence-electron chi connectivity index (χ0n) is 9.78. The van der Waals surface area contributed by atoms with E-state index in [1.54, 1.807) is 6.33 Å². The summed E-state index contributed by atoms with van der Waals surface area (Å²) in [7, 11) is 0. The lowest BCUT2D eigenvalue weighted by Gasteiger charge is -1.99. The zero-order chi connectivity index (χ0) is 10.8. The van der Waals surface area contributed by atoms with Gasteiger partial charge in [0, 0.05) is 0 Å². The third-order valence-electron chi connectivity index (χ3n) is 2.67. The first kappa shape index (κ1) is 12.1. The maximum Gasteiger partial charge on any atom is 0.288 e. The molecular formula is C11H23N4+.